The summed E-state index contributed by atoms with van der Waals surface area (Å²) in [6, 6.07) is 4.34. The predicted molar refractivity (Wildman–Crippen MR) is 72.2 cm³/mol. The van der Waals surface area contributed by atoms with Crippen molar-refractivity contribution in [1.82, 2.24) is 14.8 Å². The highest BCUT2D eigenvalue weighted by molar-refractivity contribution is 5.90. The largest absolute Gasteiger partial charge is 0.504 e. The molecule has 2 aromatic rings. The van der Waals surface area contributed by atoms with E-state index in [4.69, 9.17) is 9.84 Å². The van der Waals surface area contributed by atoms with Crippen LogP contribution in [0.5, 0.6) is 11.5 Å². The highest BCUT2D eigenvalue weighted by Gasteiger charge is 2.26. The average molecular weight is 288 g/mol. The van der Waals surface area contributed by atoms with Crippen LogP contribution in [0.25, 0.3) is 0 Å². The van der Waals surface area contributed by atoms with Gasteiger partial charge in [-0.05, 0) is 23.8 Å². The number of aliphatic carboxylic acids is 1. The maximum Gasteiger partial charge on any atom is 0.352 e. The van der Waals surface area contributed by atoms with Gasteiger partial charge in [0.15, 0.2) is 11.5 Å². The summed E-state index contributed by atoms with van der Waals surface area (Å²) in [6.07, 6.45) is 2.86. The number of rotatable bonds is 3. The van der Waals surface area contributed by atoms with Crippen molar-refractivity contribution in [2.75, 3.05) is 12.4 Å². The number of anilines is 1. The minimum atomic E-state index is -1.08. The number of hydrogen-bond acceptors (Lipinski definition) is 6. The number of hydrogen-bond donors (Lipinski definition) is 3. The van der Waals surface area contributed by atoms with E-state index in [-0.39, 0.29) is 11.4 Å². The van der Waals surface area contributed by atoms with E-state index in [1.807, 2.05) is 0 Å². The summed E-state index contributed by atoms with van der Waals surface area (Å²) < 4.78 is 6.63. The highest BCUT2D eigenvalue weighted by atomic mass is 16.5. The Kier molecular flexibility index (Phi) is 2.98. The third kappa shape index (κ3) is 2.16. The number of ether oxygens (including phenoxy) is 1. The molecule has 8 nitrogen and oxygen atoms in total. The summed E-state index contributed by atoms with van der Waals surface area (Å²) in [7, 11) is 1.45. The molecule has 3 rings (SSSR count). The number of fused-ring (bicyclic) bond motifs is 1. The molecule has 0 bridgehead atoms. The molecule has 1 aliphatic rings. The molecule has 1 atom stereocenters. The molecule has 0 saturated heterocycles. The quantitative estimate of drug-likeness (QED) is 0.772. The smallest absolute Gasteiger partial charge is 0.352 e. The van der Waals surface area contributed by atoms with E-state index in [1.165, 1.54) is 25.6 Å². The third-order valence-corrected chi connectivity index (χ3v) is 3.18. The van der Waals surface area contributed by atoms with Gasteiger partial charge in [0.2, 0.25) is 5.95 Å². The van der Waals surface area contributed by atoms with E-state index in [0.717, 1.165) is 5.56 Å². The van der Waals surface area contributed by atoms with Crippen molar-refractivity contribution < 1.29 is 19.7 Å². The van der Waals surface area contributed by atoms with Crippen LogP contribution >= 0.6 is 0 Å². The van der Waals surface area contributed by atoms with Gasteiger partial charge in [-0.25, -0.2) is 9.48 Å². The molecule has 0 amide bonds. The normalized spacial score (nSPS) is 16.6. The van der Waals surface area contributed by atoms with Crippen LogP contribution in [0.3, 0.4) is 0 Å². The molecule has 0 saturated carbocycles. The van der Waals surface area contributed by atoms with Gasteiger partial charge in [-0.3, -0.25) is 0 Å². The zero-order valence-corrected chi connectivity index (χ0v) is 11.0. The monoisotopic (exact) mass is 288 g/mol. The second-order valence-corrected chi connectivity index (χ2v) is 4.41. The van der Waals surface area contributed by atoms with Crippen molar-refractivity contribution in [2.24, 2.45) is 0 Å². The van der Waals surface area contributed by atoms with Crippen LogP contribution in [0.2, 0.25) is 0 Å². The van der Waals surface area contributed by atoms with Gasteiger partial charge in [-0.1, -0.05) is 6.07 Å². The third-order valence-electron chi connectivity index (χ3n) is 3.18. The number of methoxy groups -OCH3 is 1. The van der Waals surface area contributed by atoms with Crippen LogP contribution < -0.4 is 10.1 Å². The van der Waals surface area contributed by atoms with E-state index in [9.17, 15) is 9.90 Å². The fourth-order valence-corrected chi connectivity index (χ4v) is 2.17. The van der Waals surface area contributed by atoms with E-state index in [2.05, 4.69) is 15.4 Å². The number of carbonyl (C=O) groups is 1. The molecule has 0 aliphatic carbocycles. The first kappa shape index (κ1) is 13.0. The minimum absolute atomic E-state index is 0.0106. The van der Waals surface area contributed by atoms with Crippen molar-refractivity contribution in [2.45, 2.75) is 6.04 Å². The van der Waals surface area contributed by atoms with Gasteiger partial charge in [0.1, 0.15) is 18.1 Å². The molecule has 1 aliphatic heterocycles. The Labute approximate surface area is 119 Å². The number of allylic oxidation sites excluding steroid dienone is 1. The van der Waals surface area contributed by atoms with Crippen LogP contribution in [-0.2, 0) is 4.79 Å². The molecule has 0 fully saturated rings. The minimum Gasteiger partial charge on any atom is -0.504 e. The van der Waals surface area contributed by atoms with Gasteiger partial charge in [0.05, 0.1) is 7.11 Å². The second kappa shape index (κ2) is 4.82. The zero-order valence-electron chi connectivity index (χ0n) is 11.0. The van der Waals surface area contributed by atoms with Crippen molar-refractivity contribution >= 4 is 11.9 Å². The SMILES string of the molecule is COc1cc([C@H]2C=C(C(=O)O)Nc3ncnn32)ccc1O. The van der Waals surface area contributed by atoms with Gasteiger partial charge < -0.3 is 20.3 Å². The van der Waals surface area contributed by atoms with Crippen molar-refractivity contribution in [3.05, 3.63) is 41.9 Å². The van der Waals surface area contributed by atoms with E-state index >= 15 is 0 Å². The summed E-state index contributed by atoms with van der Waals surface area (Å²) in [5, 5.41) is 25.6. The lowest BCUT2D eigenvalue weighted by Crippen LogP contribution is -2.24. The summed E-state index contributed by atoms with van der Waals surface area (Å²) in [6.45, 7) is 0. The molecule has 0 spiro atoms. The number of carboxylic acid groups (broad SMARTS) is 1. The fourth-order valence-electron chi connectivity index (χ4n) is 2.17. The Bertz CT molecular complexity index is 738. The van der Waals surface area contributed by atoms with Gasteiger partial charge in [-0.15, -0.1) is 0 Å². The highest BCUT2D eigenvalue weighted by Crippen LogP contribution is 2.33. The number of aromatic nitrogens is 3. The van der Waals surface area contributed by atoms with E-state index in [1.54, 1.807) is 16.8 Å². The number of aromatic hydroxyl groups is 1. The van der Waals surface area contributed by atoms with Gasteiger partial charge >= 0.3 is 5.97 Å². The van der Waals surface area contributed by atoms with Crippen LogP contribution in [0.1, 0.15) is 11.6 Å². The van der Waals surface area contributed by atoms with Gasteiger partial charge in [-0.2, -0.15) is 10.1 Å². The molecule has 21 heavy (non-hydrogen) atoms. The topological polar surface area (TPSA) is 110 Å². The second-order valence-electron chi connectivity index (χ2n) is 4.41. The lowest BCUT2D eigenvalue weighted by molar-refractivity contribution is -0.132. The Morgan fingerprint density at radius 2 is 2.29 bits per heavy atom. The Morgan fingerprint density at radius 1 is 1.48 bits per heavy atom. The molecule has 1 aromatic heterocycles. The number of carboxylic acids is 1. The Hall–Kier alpha value is -3.03. The Morgan fingerprint density at radius 3 is 3.00 bits per heavy atom. The summed E-state index contributed by atoms with van der Waals surface area (Å²) >= 11 is 0. The molecule has 3 N–H and O–H groups in total. The Balaban J connectivity index is 2.10. The van der Waals surface area contributed by atoms with Crippen LogP contribution in [-0.4, -0.2) is 38.1 Å². The van der Waals surface area contributed by atoms with Crippen molar-refractivity contribution in [3.63, 3.8) is 0 Å². The zero-order chi connectivity index (χ0) is 15.0. The first-order valence-electron chi connectivity index (χ1n) is 6.08. The van der Waals surface area contributed by atoms with Crippen molar-refractivity contribution in [3.8, 4) is 11.5 Å². The standard InChI is InChI=1S/C13H12N4O4/c1-21-11-4-7(2-3-10(11)18)9-5-8(12(19)20)16-13-14-6-15-17(9)13/h2-6,9,18H,1H3,(H,19,20)(H,14,15,16)/t9-/m1/s1. The molecule has 108 valence electrons. The maximum atomic E-state index is 11.2. The number of phenols is 1. The number of nitrogens with zero attached hydrogens (tertiary/aromatic N) is 3. The summed E-state index contributed by atoms with van der Waals surface area (Å²) in [5.41, 5.74) is 0.740. The molecular formula is C13H12N4O4. The maximum absolute atomic E-state index is 11.2. The molecule has 0 unspecified atom stereocenters. The predicted octanol–water partition coefficient (Wildman–Crippen LogP) is 0.976. The first-order chi connectivity index (χ1) is 10.1. The van der Waals surface area contributed by atoms with E-state index in [0.29, 0.717) is 11.7 Å². The fraction of sp³-hybridized carbons (Fsp3) is 0.154. The number of benzene rings is 1. The van der Waals surface area contributed by atoms with Crippen LogP contribution in [0.4, 0.5) is 5.95 Å². The average Bonchev–Trinajstić information content (AvgIpc) is 2.95. The first-order valence-corrected chi connectivity index (χ1v) is 6.08. The van der Waals surface area contributed by atoms with E-state index < -0.39 is 12.0 Å². The molecule has 2 heterocycles. The lowest BCUT2D eigenvalue weighted by Gasteiger charge is -2.22. The molecule has 1 aromatic carbocycles. The van der Waals surface area contributed by atoms with Crippen molar-refractivity contribution in [1.29, 1.82) is 0 Å². The van der Waals surface area contributed by atoms with Crippen LogP contribution in [0.15, 0.2) is 36.3 Å². The lowest BCUT2D eigenvalue weighted by atomic mass is 10.0. The summed E-state index contributed by atoms with van der Waals surface area (Å²) in [5.74, 6) is -0.429. The molecular weight excluding hydrogens is 276 g/mol. The van der Waals surface area contributed by atoms with Gasteiger partial charge in [0.25, 0.3) is 0 Å². The molecule has 0 radical (unpaired) electrons. The van der Waals surface area contributed by atoms with Crippen LogP contribution in [0, 0.1) is 0 Å². The summed E-state index contributed by atoms with van der Waals surface area (Å²) in [4.78, 5) is 15.2. The number of nitrogens with one attached hydrogen (secondary N) is 1. The number of phenolic OH excluding ortho intramolecular Hbond substituents is 1. The molecule has 8 heteroatoms. The van der Waals surface area contributed by atoms with Gasteiger partial charge in [0, 0.05) is 0 Å².